The van der Waals surface area contributed by atoms with E-state index in [2.05, 4.69) is 5.32 Å². The predicted molar refractivity (Wildman–Crippen MR) is 85.2 cm³/mol. The van der Waals surface area contributed by atoms with Crippen molar-refractivity contribution in [2.75, 3.05) is 33.3 Å². The van der Waals surface area contributed by atoms with Gasteiger partial charge in [0.15, 0.2) is 11.6 Å². The van der Waals surface area contributed by atoms with Gasteiger partial charge in [-0.25, -0.2) is 4.39 Å². The zero-order chi connectivity index (χ0) is 14.8. The Bertz CT molecular complexity index is 527. The SMILES string of the molecule is COc1ccc(C(=O)N2CC[C@@H]3CNC[C@@H]3CC2)cc1F.Cl. The molecule has 2 aliphatic heterocycles. The number of methoxy groups -OCH3 is 1. The van der Waals surface area contributed by atoms with Crippen LogP contribution in [-0.2, 0) is 0 Å². The molecule has 0 spiro atoms. The van der Waals surface area contributed by atoms with Gasteiger partial charge in [-0.05, 0) is 56.0 Å². The van der Waals surface area contributed by atoms with Crippen molar-refractivity contribution < 1.29 is 13.9 Å². The van der Waals surface area contributed by atoms with Gasteiger partial charge in [0.2, 0.25) is 0 Å². The summed E-state index contributed by atoms with van der Waals surface area (Å²) >= 11 is 0. The number of nitrogens with zero attached hydrogens (tertiary/aromatic N) is 1. The first-order chi connectivity index (χ1) is 10.2. The highest BCUT2D eigenvalue weighted by Crippen LogP contribution is 2.28. The Morgan fingerprint density at radius 1 is 1.27 bits per heavy atom. The molecule has 2 heterocycles. The Labute approximate surface area is 136 Å². The van der Waals surface area contributed by atoms with Crippen LogP contribution in [0.3, 0.4) is 0 Å². The number of halogens is 2. The number of nitrogens with one attached hydrogen (secondary N) is 1. The quantitative estimate of drug-likeness (QED) is 0.906. The van der Waals surface area contributed by atoms with Crippen molar-refractivity contribution in [1.82, 2.24) is 10.2 Å². The molecule has 0 saturated carbocycles. The van der Waals surface area contributed by atoms with E-state index in [1.165, 1.54) is 19.2 Å². The van der Waals surface area contributed by atoms with E-state index in [9.17, 15) is 9.18 Å². The maximum atomic E-state index is 13.7. The van der Waals surface area contributed by atoms with Crippen molar-refractivity contribution in [2.45, 2.75) is 12.8 Å². The number of carbonyl (C=O) groups is 1. The van der Waals surface area contributed by atoms with E-state index in [4.69, 9.17) is 4.74 Å². The van der Waals surface area contributed by atoms with E-state index in [1.807, 2.05) is 4.90 Å². The first-order valence-corrected chi connectivity index (χ1v) is 7.52. The smallest absolute Gasteiger partial charge is 0.253 e. The van der Waals surface area contributed by atoms with Crippen LogP contribution in [0, 0.1) is 17.7 Å². The zero-order valence-corrected chi connectivity index (χ0v) is 13.5. The number of ether oxygens (including phenoxy) is 1. The predicted octanol–water partition coefficient (Wildman–Crippen LogP) is 2.33. The Hall–Kier alpha value is -1.33. The third-order valence-electron chi connectivity index (χ3n) is 4.71. The van der Waals surface area contributed by atoms with Gasteiger partial charge in [0, 0.05) is 18.7 Å². The molecule has 1 aromatic carbocycles. The van der Waals surface area contributed by atoms with E-state index in [0.717, 1.165) is 39.0 Å². The second-order valence-electron chi connectivity index (χ2n) is 5.90. The standard InChI is InChI=1S/C16H21FN2O2.ClH/c1-21-15-3-2-11(8-14(15)17)16(20)19-6-4-12-9-18-10-13(12)5-7-19;/h2-3,8,12-13,18H,4-7,9-10H2,1H3;1H/t12-,13+;. The molecule has 22 heavy (non-hydrogen) atoms. The Morgan fingerprint density at radius 2 is 1.91 bits per heavy atom. The second-order valence-corrected chi connectivity index (χ2v) is 5.90. The van der Waals surface area contributed by atoms with Gasteiger partial charge in [0.1, 0.15) is 0 Å². The van der Waals surface area contributed by atoms with E-state index >= 15 is 0 Å². The lowest BCUT2D eigenvalue weighted by atomic mass is 9.92. The molecule has 4 nitrogen and oxygen atoms in total. The molecule has 3 rings (SSSR count). The summed E-state index contributed by atoms with van der Waals surface area (Å²) in [6, 6.07) is 4.42. The first-order valence-electron chi connectivity index (χ1n) is 7.52. The molecule has 0 radical (unpaired) electrons. The molecule has 6 heteroatoms. The maximum absolute atomic E-state index is 13.7. The van der Waals surface area contributed by atoms with Crippen molar-refractivity contribution in [3.05, 3.63) is 29.6 Å². The fourth-order valence-corrected chi connectivity index (χ4v) is 3.40. The van der Waals surface area contributed by atoms with E-state index in [0.29, 0.717) is 17.4 Å². The molecular formula is C16H22ClFN2O2. The van der Waals surface area contributed by atoms with Crippen molar-refractivity contribution in [2.24, 2.45) is 11.8 Å². The van der Waals surface area contributed by atoms with Gasteiger partial charge in [-0.1, -0.05) is 0 Å². The van der Waals surface area contributed by atoms with Crippen LogP contribution >= 0.6 is 12.4 Å². The van der Waals surface area contributed by atoms with E-state index < -0.39 is 5.82 Å². The van der Waals surface area contributed by atoms with Crippen molar-refractivity contribution in [3.63, 3.8) is 0 Å². The van der Waals surface area contributed by atoms with Gasteiger partial charge in [-0.2, -0.15) is 0 Å². The minimum Gasteiger partial charge on any atom is -0.494 e. The van der Waals surface area contributed by atoms with Crippen LogP contribution in [0.25, 0.3) is 0 Å². The van der Waals surface area contributed by atoms with Crippen LogP contribution in [0.2, 0.25) is 0 Å². The monoisotopic (exact) mass is 328 g/mol. The highest BCUT2D eigenvalue weighted by atomic mass is 35.5. The van der Waals surface area contributed by atoms with E-state index in [-0.39, 0.29) is 24.1 Å². The fraction of sp³-hybridized carbons (Fsp3) is 0.562. The van der Waals surface area contributed by atoms with Crippen LogP contribution in [-0.4, -0.2) is 44.1 Å². The number of hydrogen-bond donors (Lipinski definition) is 1. The second kappa shape index (κ2) is 7.29. The molecule has 0 aliphatic carbocycles. The van der Waals surface area contributed by atoms with Gasteiger partial charge in [-0.3, -0.25) is 4.79 Å². The lowest BCUT2D eigenvalue weighted by molar-refractivity contribution is 0.0758. The number of fused-ring (bicyclic) bond motifs is 1. The zero-order valence-electron chi connectivity index (χ0n) is 12.7. The summed E-state index contributed by atoms with van der Waals surface area (Å²) in [6.07, 6.45) is 2.06. The van der Waals surface area contributed by atoms with Gasteiger partial charge in [0.05, 0.1) is 7.11 Å². The Kier molecular flexibility index (Phi) is 5.64. The van der Waals surface area contributed by atoms with Crippen LogP contribution in [0.4, 0.5) is 4.39 Å². The number of carbonyl (C=O) groups excluding carboxylic acids is 1. The molecule has 0 unspecified atom stereocenters. The normalized spacial score (nSPS) is 24.2. The molecular weight excluding hydrogens is 307 g/mol. The maximum Gasteiger partial charge on any atom is 0.253 e. The fourth-order valence-electron chi connectivity index (χ4n) is 3.40. The molecule has 1 amide bonds. The molecule has 2 saturated heterocycles. The number of benzene rings is 1. The average molecular weight is 329 g/mol. The van der Waals surface area contributed by atoms with Gasteiger partial charge in [0.25, 0.3) is 5.91 Å². The first kappa shape index (κ1) is 17.0. The highest BCUT2D eigenvalue weighted by Gasteiger charge is 2.31. The molecule has 2 aliphatic rings. The third kappa shape index (κ3) is 3.36. The summed E-state index contributed by atoms with van der Waals surface area (Å²) in [6.45, 7) is 3.64. The van der Waals surface area contributed by atoms with Crippen LogP contribution in [0.5, 0.6) is 5.75 Å². The summed E-state index contributed by atoms with van der Waals surface area (Å²) in [5.41, 5.74) is 0.401. The molecule has 0 aromatic heterocycles. The largest absolute Gasteiger partial charge is 0.494 e. The highest BCUT2D eigenvalue weighted by molar-refractivity contribution is 5.94. The lowest BCUT2D eigenvalue weighted by Crippen LogP contribution is -2.32. The minimum atomic E-state index is -0.487. The van der Waals surface area contributed by atoms with Gasteiger partial charge in [-0.15, -0.1) is 12.4 Å². The third-order valence-corrected chi connectivity index (χ3v) is 4.71. The molecule has 2 fully saturated rings. The van der Waals surface area contributed by atoms with E-state index in [1.54, 1.807) is 6.07 Å². The summed E-state index contributed by atoms with van der Waals surface area (Å²) < 4.78 is 18.6. The summed E-state index contributed by atoms with van der Waals surface area (Å²) in [4.78, 5) is 14.4. The Morgan fingerprint density at radius 3 is 2.45 bits per heavy atom. The summed E-state index contributed by atoms with van der Waals surface area (Å²) in [5.74, 6) is 0.956. The van der Waals surface area contributed by atoms with Crippen molar-refractivity contribution in [1.29, 1.82) is 0 Å². The molecule has 1 N–H and O–H groups in total. The number of amides is 1. The van der Waals surface area contributed by atoms with Crippen molar-refractivity contribution >= 4 is 18.3 Å². The summed E-state index contributed by atoms with van der Waals surface area (Å²) in [7, 11) is 1.42. The van der Waals surface area contributed by atoms with Gasteiger partial charge < -0.3 is 15.0 Å². The molecule has 2 atom stereocenters. The molecule has 1 aromatic rings. The summed E-state index contributed by atoms with van der Waals surface area (Å²) in [5, 5.41) is 3.42. The number of hydrogen-bond acceptors (Lipinski definition) is 3. The van der Waals surface area contributed by atoms with Gasteiger partial charge >= 0.3 is 0 Å². The van der Waals surface area contributed by atoms with Crippen LogP contribution in [0.1, 0.15) is 23.2 Å². The topological polar surface area (TPSA) is 41.6 Å². The average Bonchev–Trinajstić information content (AvgIpc) is 2.85. The number of rotatable bonds is 2. The lowest BCUT2D eigenvalue weighted by Gasteiger charge is -2.21. The minimum absolute atomic E-state index is 0. The molecule has 122 valence electrons. The van der Waals surface area contributed by atoms with Crippen molar-refractivity contribution in [3.8, 4) is 5.75 Å². The Balaban J connectivity index is 0.00000176. The number of likely N-dealkylation sites (tertiary alicyclic amines) is 1. The van der Waals surface area contributed by atoms with Crippen LogP contribution < -0.4 is 10.1 Å². The van der Waals surface area contributed by atoms with Crippen LogP contribution in [0.15, 0.2) is 18.2 Å². The molecule has 0 bridgehead atoms.